The molecule has 0 spiro atoms. The van der Waals surface area contributed by atoms with Crippen LogP contribution in [-0.4, -0.2) is 39.2 Å². The van der Waals surface area contributed by atoms with Crippen LogP contribution in [0.4, 0.5) is 4.39 Å². The van der Waals surface area contributed by atoms with Gasteiger partial charge in [-0.25, -0.2) is 4.39 Å². The van der Waals surface area contributed by atoms with Crippen LogP contribution in [0.1, 0.15) is 11.1 Å². The van der Waals surface area contributed by atoms with E-state index in [9.17, 15) is 4.39 Å². The average molecular weight is 345 g/mol. The first-order chi connectivity index (χ1) is 12.1. The van der Waals surface area contributed by atoms with Crippen LogP contribution in [-0.2, 0) is 13.1 Å². The Labute approximate surface area is 148 Å². The second kappa shape index (κ2) is 8.92. The van der Waals surface area contributed by atoms with Gasteiger partial charge in [0.2, 0.25) is 0 Å². The Morgan fingerprint density at radius 3 is 2.44 bits per heavy atom. The minimum absolute atomic E-state index is 0.236. The van der Waals surface area contributed by atoms with Gasteiger partial charge in [-0.15, -0.1) is 0 Å². The third-order valence-corrected chi connectivity index (χ3v) is 3.84. The molecule has 0 radical (unpaired) electrons. The summed E-state index contributed by atoms with van der Waals surface area (Å²) < 4.78 is 23.6. The lowest BCUT2D eigenvalue weighted by molar-refractivity contribution is 0.390. The molecule has 5 nitrogen and oxygen atoms in total. The van der Waals surface area contributed by atoms with Crippen molar-refractivity contribution in [2.24, 2.45) is 4.99 Å². The fourth-order valence-electron chi connectivity index (χ4n) is 2.50. The number of halogens is 1. The molecule has 134 valence electrons. The molecule has 0 fully saturated rings. The zero-order valence-electron chi connectivity index (χ0n) is 15.0. The van der Waals surface area contributed by atoms with Gasteiger partial charge in [0.05, 0.1) is 14.2 Å². The molecule has 2 aromatic rings. The van der Waals surface area contributed by atoms with Crippen LogP contribution in [0.2, 0.25) is 0 Å². The molecule has 0 aliphatic carbocycles. The molecule has 2 rings (SSSR count). The van der Waals surface area contributed by atoms with Crippen molar-refractivity contribution in [1.82, 2.24) is 10.2 Å². The zero-order chi connectivity index (χ0) is 18.2. The Balaban J connectivity index is 2.01. The first kappa shape index (κ1) is 18.6. The molecule has 0 unspecified atom stereocenters. The summed E-state index contributed by atoms with van der Waals surface area (Å²) in [6, 6.07) is 12.2. The number of benzene rings is 2. The second-order valence-corrected chi connectivity index (χ2v) is 5.56. The molecule has 0 aliphatic rings. The fourth-order valence-corrected chi connectivity index (χ4v) is 2.50. The van der Waals surface area contributed by atoms with E-state index in [-0.39, 0.29) is 5.82 Å². The summed E-state index contributed by atoms with van der Waals surface area (Å²) >= 11 is 0. The van der Waals surface area contributed by atoms with Gasteiger partial charge in [-0.1, -0.05) is 12.1 Å². The van der Waals surface area contributed by atoms with E-state index in [1.807, 2.05) is 30.1 Å². The third-order valence-electron chi connectivity index (χ3n) is 3.84. The lowest BCUT2D eigenvalue weighted by atomic mass is 10.2. The van der Waals surface area contributed by atoms with Crippen LogP contribution in [0.25, 0.3) is 0 Å². The van der Waals surface area contributed by atoms with Gasteiger partial charge < -0.3 is 19.7 Å². The van der Waals surface area contributed by atoms with E-state index in [1.165, 1.54) is 12.1 Å². The molecule has 0 amide bonds. The average Bonchev–Trinajstić information content (AvgIpc) is 2.64. The van der Waals surface area contributed by atoms with Gasteiger partial charge in [0.15, 0.2) is 5.96 Å². The molecular formula is C19H24FN3O2. The van der Waals surface area contributed by atoms with E-state index >= 15 is 0 Å². The maximum Gasteiger partial charge on any atom is 0.193 e. The van der Waals surface area contributed by atoms with Crippen LogP contribution < -0.4 is 14.8 Å². The monoisotopic (exact) mass is 345 g/mol. The highest BCUT2D eigenvalue weighted by Crippen LogP contribution is 2.24. The molecule has 0 saturated heterocycles. The third kappa shape index (κ3) is 5.11. The number of nitrogens with one attached hydrogen (secondary N) is 1. The minimum atomic E-state index is -0.236. The summed E-state index contributed by atoms with van der Waals surface area (Å²) in [7, 11) is 6.92. The van der Waals surface area contributed by atoms with Crippen molar-refractivity contribution in [3.05, 3.63) is 59.4 Å². The highest BCUT2D eigenvalue weighted by molar-refractivity contribution is 5.79. The summed E-state index contributed by atoms with van der Waals surface area (Å²) in [6.07, 6.45) is 0. The predicted molar refractivity (Wildman–Crippen MR) is 97.6 cm³/mol. The number of aliphatic imine (C=N–C) groups is 1. The lowest BCUT2D eigenvalue weighted by Crippen LogP contribution is -2.38. The van der Waals surface area contributed by atoms with Crippen molar-refractivity contribution in [1.29, 1.82) is 0 Å². The number of hydrogen-bond donors (Lipinski definition) is 1. The van der Waals surface area contributed by atoms with Crippen molar-refractivity contribution < 1.29 is 13.9 Å². The van der Waals surface area contributed by atoms with Crippen LogP contribution in [0.5, 0.6) is 11.5 Å². The van der Waals surface area contributed by atoms with E-state index in [4.69, 9.17) is 9.47 Å². The first-order valence-corrected chi connectivity index (χ1v) is 7.94. The summed E-state index contributed by atoms with van der Waals surface area (Å²) in [5, 5.41) is 3.31. The molecule has 0 bridgehead atoms. The molecule has 2 aromatic carbocycles. The number of rotatable bonds is 6. The topological polar surface area (TPSA) is 46.1 Å². The fraction of sp³-hybridized carbons (Fsp3) is 0.316. The van der Waals surface area contributed by atoms with Crippen LogP contribution in [0.3, 0.4) is 0 Å². The van der Waals surface area contributed by atoms with E-state index in [0.717, 1.165) is 28.6 Å². The molecule has 0 aromatic heterocycles. The van der Waals surface area contributed by atoms with Crippen LogP contribution in [0.15, 0.2) is 47.5 Å². The van der Waals surface area contributed by atoms with Gasteiger partial charge in [0.1, 0.15) is 17.3 Å². The zero-order valence-corrected chi connectivity index (χ0v) is 15.0. The van der Waals surface area contributed by atoms with Gasteiger partial charge in [-0.3, -0.25) is 4.99 Å². The minimum Gasteiger partial charge on any atom is -0.497 e. The Bertz CT molecular complexity index is 717. The molecule has 25 heavy (non-hydrogen) atoms. The summed E-state index contributed by atoms with van der Waals surface area (Å²) in [4.78, 5) is 6.27. The van der Waals surface area contributed by atoms with E-state index in [2.05, 4.69) is 10.3 Å². The quantitative estimate of drug-likeness (QED) is 0.646. The van der Waals surface area contributed by atoms with E-state index in [0.29, 0.717) is 13.1 Å². The Morgan fingerprint density at radius 1 is 1.12 bits per heavy atom. The number of guanidine groups is 1. The molecule has 0 aliphatic heterocycles. The molecule has 0 saturated carbocycles. The maximum absolute atomic E-state index is 13.0. The highest BCUT2D eigenvalue weighted by atomic mass is 19.1. The number of ether oxygens (including phenoxy) is 2. The Morgan fingerprint density at radius 2 is 1.84 bits per heavy atom. The summed E-state index contributed by atoms with van der Waals surface area (Å²) in [5.41, 5.74) is 2.01. The highest BCUT2D eigenvalue weighted by Gasteiger charge is 2.09. The largest absolute Gasteiger partial charge is 0.497 e. The first-order valence-electron chi connectivity index (χ1n) is 7.94. The lowest BCUT2D eigenvalue weighted by Gasteiger charge is -2.22. The normalized spacial score (nSPS) is 11.2. The van der Waals surface area contributed by atoms with Gasteiger partial charge in [0, 0.05) is 38.8 Å². The summed E-state index contributed by atoms with van der Waals surface area (Å²) in [5.74, 6) is 2.00. The smallest absolute Gasteiger partial charge is 0.193 e. The van der Waals surface area contributed by atoms with Crippen molar-refractivity contribution in [3.8, 4) is 11.5 Å². The van der Waals surface area contributed by atoms with Gasteiger partial charge in [-0.2, -0.15) is 0 Å². The molecule has 6 heteroatoms. The van der Waals surface area contributed by atoms with E-state index in [1.54, 1.807) is 33.4 Å². The second-order valence-electron chi connectivity index (χ2n) is 5.56. The number of methoxy groups -OCH3 is 2. The molecule has 0 heterocycles. The van der Waals surface area contributed by atoms with E-state index < -0.39 is 0 Å². The maximum atomic E-state index is 13.0. The number of nitrogens with zero attached hydrogens (tertiary/aromatic N) is 2. The number of hydrogen-bond acceptors (Lipinski definition) is 3. The standard InChI is InChI=1S/C19H24FN3O2/c1-21-19(23(2)13-14-5-8-16(20)9-6-14)22-12-15-7-10-17(24-3)11-18(15)25-4/h5-11H,12-13H2,1-4H3,(H,21,22). The molecule has 0 atom stereocenters. The predicted octanol–water partition coefficient (Wildman–Crippen LogP) is 3.05. The van der Waals surface area contributed by atoms with Crippen LogP contribution in [0, 0.1) is 5.82 Å². The van der Waals surface area contributed by atoms with Gasteiger partial charge in [0.25, 0.3) is 0 Å². The van der Waals surface area contributed by atoms with Crippen molar-refractivity contribution in [3.63, 3.8) is 0 Å². The molecule has 1 N–H and O–H groups in total. The van der Waals surface area contributed by atoms with Gasteiger partial charge in [-0.05, 0) is 29.8 Å². The molecular weight excluding hydrogens is 321 g/mol. The Kier molecular flexibility index (Phi) is 6.62. The van der Waals surface area contributed by atoms with Crippen molar-refractivity contribution in [2.45, 2.75) is 13.1 Å². The Hall–Kier alpha value is -2.76. The van der Waals surface area contributed by atoms with Crippen molar-refractivity contribution >= 4 is 5.96 Å². The summed E-state index contributed by atoms with van der Waals surface area (Å²) in [6.45, 7) is 1.19. The SMILES string of the molecule is CN=C(NCc1ccc(OC)cc1OC)N(C)Cc1ccc(F)cc1. The van der Waals surface area contributed by atoms with Gasteiger partial charge >= 0.3 is 0 Å². The van der Waals surface area contributed by atoms with Crippen LogP contribution >= 0.6 is 0 Å². The van der Waals surface area contributed by atoms with Crippen molar-refractivity contribution in [2.75, 3.05) is 28.3 Å².